The molecule has 6 nitrogen and oxygen atoms in total. The first-order chi connectivity index (χ1) is 8.54. The van der Waals surface area contributed by atoms with Crippen LogP contribution in [-0.2, 0) is 19.1 Å². The normalized spacial score (nSPS) is 9.44. The molecule has 0 aliphatic heterocycles. The lowest BCUT2D eigenvalue weighted by Crippen LogP contribution is -2.02. The molecule has 0 saturated heterocycles. The number of rotatable bonds is 10. The number of unbranched alkanes of at least 4 members (excludes halogenated alkanes) is 1. The fourth-order valence-corrected chi connectivity index (χ4v) is 0.959. The highest BCUT2D eigenvalue weighted by Crippen LogP contribution is 1.98. The quantitative estimate of drug-likeness (QED) is 0.584. The third-order valence-electron chi connectivity index (χ3n) is 1.81. The molecule has 0 rings (SSSR count). The Bertz CT molecular complexity index is 183. The number of carbonyl (C=O) groups is 2. The van der Waals surface area contributed by atoms with Crippen LogP contribution >= 0.6 is 0 Å². The van der Waals surface area contributed by atoms with Crippen molar-refractivity contribution in [1.82, 2.24) is 0 Å². The average Bonchev–Trinajstić information content (AvgIpc) is 2.31. The van der Waals surface area contributed by atoms with Gasteiger partial charge in [0, 0.05) is 26.1 Å². The van der Waals surface area contributed by atoms with Crippen LogP contribution in [0, 0.1) is 0 Å². The fraction of sp³-hybridized carbons (Fsp3) is 0.833. The van der Waals surface area contributed by atoms with Crippen LogP contribution in [0.2, 0.25) is 0 Å². The Morgan fingerprint density at radius 3 is 1.39 bits per heavy atom. The molecule has 0 saturated carbocycles. The standard InChI is InChI=1S/C6H10O4.C6H14O2/c7-5(8)3-1-2-4-6(9)10;1-3-7-5-6-8-4-2/h1-4H2,(H,7,8)(H,9,10);3-6H2,1-2H3. The van der Waals surface area contributed by atoms with E-state index in [9.17, 15) is 9.59 Å². The number of ether oxygens (including phenoxy) is 2. The van der Waals surface area contributed by atoms with Gasteiger partial charge in [-0.15, -0.1) is 0 Å². The smallest absolute Gasteiger partial charge is 0.303 e. The van der Waals surface area contributed by atoms with Gasteiger partial charge in [0.2, 0.25) is 0 Å². The predicted octanol–water partition coefficient (Wildman–Crippen LogP) is 1.78. The minimum Gasteiger partial charge on any atom is -0.481 e. The second-order valence-corrected chi connectivity index (χ2v) is 3.39. The van der Waals surface area contributed by atoms with Crippen LogP contribution in [0.15, 0.2) is 0 Å². The molecule has 6 heteroatoms. The molecule has 0 aromatic carbocycles. The van der Waals surface area contributed by atoms with E-state index in [0.29, 0.717) is 12.8 Å². The summed E-state index contributed by atoms with van der Waals surface area (Å²) < 4.78 is 10.0. The maximum atomic E-state index is 9.90. The Kier molecular flexibility index (Phi) is 16.9. The van der Waals surface area contributed by atoms with E-state index in [2.05, 4.69) is 0 Å². The first-order valence-corrected chi connectivity index (χ1v) is 6.13. The van der Waals surface area contributed by atoms with Crippen molar-refractivity contribution in [2.45, 2.75) is 39.5 Å². The molecule has 0 aliphatic rings. The van der Waals surface area contributed by atoms with E-state index in [0.717, 1.165) is 26.4 Å². The lowest BCUT2D eigenvalue weighted by atomic mass is 10.2. The minimum absolute atomic E-state index is 0.0628. The summed E-state index contributed by atoms with van der Waals surface area (Å²) in [5, 5.41) is 16.3. The molecule has 18 heavy (non-hydrogen) atoms. The topological polar surface area (TPSA) is 93.1 Å². The van der Waals surface area contributed by atoms with Crippen molar-refractivity contribution in [3.8, 4) is 0 Å². The first-order valence-electron chi connectivity index (χ1n) is 6.13. The monoisotopic (exact) mass is 264 g/mol. The second kappa shape index (κ2) is 15.9. The Balaban J connectivity index is 0. The number of carboxylic acid groups (broad SMARTS) is 2. The van der Waals surface area contributed by atoms with Crippen molar-refractivity contribution in [2.75, 3.05) is 26.4 Å². The molecular formula is C12H24O6. The van der Waals surface area contributed by atoms with Gasteiger partial charge in [0.1, 0.15) is 0 Å². The Hall–Kier alpha value is -1.14. The fourth-order valence-electron chi connectivity index (χ4n) is 0.959. The third kappa shape index (κ3) is 24.2. The van der Waals surface area contributed by atoms with Crippen LogP contribution in [0.3, 0.4) is 0 Å². The van der Waals surface area contributed by atoms with Gasteiger partial charge in [-0.25, -0.2) is 0 Å². The highest BCUT2D eigenvalue weighted by atomic mass is 16.5. The molecule has 0 unspecified atom stereocenters. The van der Waals surface area contributed by atoms with Crippen LogP contribution in [0.25, 0.3) is 0 Å². The van der Waals surface area contributed by atoms with Crippen molar-refractivity contribution < 1.29 is 29.3 Å². The molecule has 0 radical (unpaired) electrons. The molecule has 0 spiro atoms. The first kappa shape index (κ1) is 19.2. The van der Waals surface area contributed by atoms with E-state index in [1.54, 1.807) is 0 Å². The summed E-state index contributed by atoms with van der Waals surface area (Å²) in [6, 6.07) is 0. The average molecular weight is 264 g/mol. The Labute approximate surface area is 108 Å². The van der Waals surface area contributed by atoms with Crippen molar-refractivity contribution in [3.63, 3.8) is 0 Å². The van der Waals surface area contributed by atoms with Gasteiger partial charge >= 0.3 is 11.9 Å². The number of hydrogen-bond acceptors (Lipinski definition) is 4. The molecule has 0 fully saturated rings. The maximum Gasteiger partial charge on any atom is 0.303 e. The summed E-state index contributed by atoms with van der Waals surface area (Å²) in [6.45, 7) is 6.98. The lowest BCUT2D eigenvalue weighted by Gasteiger charge is -1.99. The van der Waals surface area contributed by atoms with E-state index in [1.807, 2.05) is 13.8 Å². The molecule has 0 aromatic rings. The van der Waals surface area contributed by atoms with Gasteiger partial charge in [-0.3, -0.25) is 9.59 Å². The third-order valence-corrected chi connectivity index (χ3v) is 1.81. The zero-order chi connectivity index (χ0) is 14.2. The summed E-state index contributed by atoms with van der Waals surface area (Å²) in [6.07, 6.45) is 1.02. The Morgan fingerprint density at radius 1 is 0.833 bits per heavy atom. The number of aliphatic carboxylic acids is 2. The van der Waals surface area contributed by atoms with Crippen LogP contribution in [0.1, 0.15) is 39.5 Å². The zero-order valence-corrected chi connectivity index (χ0v) is 11.2. The van der Waals surface area contributed by atoms with Crippen molar-refractivity contribution in [2.24, 2.45) is 0 Å². The molecule has 0 heterocycles. The largest absolute Gasteiger partial charge is 0.481 e. The van der Waals surface area contributed by atoms with Gasteiger partial charge in [0.05, 0.1) is 13.2 Å². The molecule has 2 N–H and O–H groups in total. The molecule has 0 aliphatic carbocycles. The molecule has 0 aromatic heterocycles. The molecular weight excluding hydrogens is 240 g/mol. The van der Waals surface area contributed by atoms with Gasteiger partial charge in [0.15, 0.2) is 0 Å². The summed E-state index contributed by atoms with van der Waals surface area (Å²) in [7, 11) is 0. The van der Waals surface area contributed by atoms with Gasteiger partial charge in [-0.05, 0) is 26.7 Å². The van der Waals surface area contributed by atoms with E-state index in [-0.39, 0.29) is 12.8 Å². The minimum atomic E-state index is -0.870. The van der Waals surface area contributed by atoms with Crippen LogP contribution < -0.4 is 0 Å². The van der Waals surface area contributed by atoms with Crippen LogP contribution in [0.5, 0.6) is 0 Å². The highest BCUT2D eigenvalue weighted by Gasteiger charge is 1.99. The maximum absolute atomic E-state index is 9.90. The predicted molar refractivity (Wildman–Crippen MR) is 66.7 cm³/mol. The number of hydrogen-bond donors (Lipinski definition) is 2. The summed E-state index contributed by atoms with van der Waals surface area (Å²) in [5.41, 5.74) is 0. The Morgan fingerprint density at radius 2 is 1.17 bits per heavy atom. The van der Waals surface area contributed by atoms with E-state index < -0.39 is 11.9 Å². The summed E-state index contributed by atoms with van der Waals surface area (Å²) >= 11 is 0. The SMILES string of the molecule is CCOCCOCC.O=C(O)CCCCC(=O)O. The lowest BCUT2D eigenvalue weighted by molar-refractivity contribution is -0.139. The highest BCUT2D eigenvalue weighted by molar-refractivity contribution is 5.67. The molecule has 108 valence electrons. The summed E-state index contributed by atoms with van der Waals surface area (Å²) in [4.78, 5) is 19.8. The van der Waals surface area contributed by atoms with E-state index in [1.165, 1.54) is 0 Å². The molecule has 0 amide bonds. The summed E-state index contributed by atoms with van der Waals surface area (Å²) in [5.74, 6) is -1.74. The van der Waals surface area contributed by atoms with Crippen molar-refractivity contribution in [1.29, 1.82) is 0 Å². The van der Waals surface area contributed by atoms with Crippen molar-refractivity contribution >= 4 is 11.9 Å². The zero-order valence-electron chi connectivity index (χ0n) is 11.2. The van der Waals surface area contributed by atoms with E-state index in [4.69, 9.17) is 19.7 Å². The molecule has 0 atom stereocenters. The van der Waals surface area contributed by atoms with Crippen molar-refractivity contribution in [3.05, 3.63) is 0 Å². The van der Waals surface area contributed by atoms with E-state index >= 15 is 0 Å². The van der Waals surface area contributed by atoms with Gasteiger partial charge in [0.25, 0.3) is 0 Å². The number of carboxylic acids is 2. The van der Waals surface area contributed by atoms with Gasteiger partial charge < -0.3 is 19.7 Å². The van der Waals surface area contributed by atoms with Gasteiger partial charge in [-0.1, -0.05) is 0 Å². The van der Waals surface area contributed by atoms with Gasteiger partial charge in [-0.2, -0.15) is 0 Å². The van der Waals surface area contributed by atoms with Crippen LogP contribution in [-0.4, -0.2) is 48.6 Å². The van der Waals surface area contributed by atoms with Crippen LogP contribution in [0.4, 0.5) is 0 Å². The molecule has 0 bridgehead atoms. The second-order valence-electron chi connectivity index (χ2n) is 3.39.